The van der Waals surface area contributed by atoms with Crippen LogP contribution in [-0.2, 0) is 5.54 Å². The van der Waals surface area contributed by atoms with Crippen LogP contribution < -0.4 is 10.6 Å². The Kier molecular flexibility index (Phi) is 7.00. The van der Waals surface area contributed by atoms with Gasteiger partial charge in [0.2, 0.25) is 0 Å². The molecule has 0 bridgehead atoms. The van der Waals surface area contributed by atoms with Crippen LogP contribution in [0, 0.1) is 5.92 Å². The van der Waals surface area contributed by atoms with Gasteiger partial charge in [-0.25, -0.2) is 0 Å². The van der Waals surface area contributed by atoms with Crippen LogP contribution >= 0.6 is 39.5 Å². The molecule has 1 saturated heterocycles. The number of benzene rings is 1. The van der Waals surface area contributed by atoms with E-state index in [0.29, 0.717) is 18.7 Å². The number of halogens is 1. The van der Waals surface area contributed by atoms with Gasteiger partial charge in [0.05, 0.1) is 5.54 Å². The summed E-state index contributed by atoms with van der Waals surface area (Å²) >= 11 is 10.6. The molecule has 1 fully saturated rings. The highest BCUT2D eigenvalue weighted by molar-refractivity contribution is 9.10. The van der Waals surface area contributed by atoms with E-state index in [2.05, 4.69) is 38.0 Å². The number of nitrogens with one attached hydrogen (secondary N) is 2. The van der Waals surface area contributed by atoms with Gasteiger partial charge in [-0.2, -0.15) is 0 Å². The van der Waals surface area contributed by atoms with Crippen molar-refractivity contribution in [2.45, 2.75) is 5.54 Å². The predicted octanol–water partition coefficient (Wildman–Crippen LogP) is 3.12. The number of likely N-dealkylation sites (tertiary alicyclic amines) is 1. The van der Waals surface area contributed by atoms with Crippen LogP contribution in [0.15, 0.2) is 58.9 Å². The van der Waals surface area contributed by atoms with E-state index < -0.39 is 5.54 Å². The Bertz CT molecular complexity index is 858. The van der Waals surface area contributed by atoms with Gasteiger partial charge in [0.15, 0.2) is 5.11 Å². The number of amides is 1. The van der Waals surface area contributed by atoms with Gasteiger partial charge in [0.25, 0.3) is 5.91 Å². The fraction of sp³-hybridized carbons (Fsp3) is 0.300. The maximum absolute atomic E-state index is 12.5. The summed E-state index contributed by atoms with van der Waals surface area (Å²) in [4.78, 5) is 15.8. The predicted molar refractivity (Wildman–Crippen MR) is 121 cm³/mol. The fourth-order valence-corrected chi connectivity index (χ4v) is 5.51. The molecular weight excluding hydrogens is 458 g/mol. The monoisotopic (exact) mass is 479 g/mol. The number of hydrogen-bond acceptors (Lipinski definition) is 5. The quantitative estimate of drug-likeness (QED) is 0.438. The molecule has 0 spiro atoms. The maximum atomic E-state index is 12.5. The molecule has 0 saturated carbocycles. The first-order valence-electron chi connectivity index (χ1n) is 8.85. The van der Waals surface area contributed by atoms with Crippen molar-refractivity contribution < 1.29 is 9.90 Å². The summed E-state index contributed by atoms with van der Waals surface area (Å²) in [5, 5.41) is 18.5. The zero-order valence-corrected chi connectivity index (χ0v) is 18.4. The van der Waals surface area contributed by atoms with Crippen molar-refractivity contribution in [2.24, 2.45) is 5.92 Å². The molecule has 1 aromatic heterocycles. The van der Waals surface area contributed by atoms with Gasteiger partial charge >= 0.3 is 0 Å². The molecule has 2 aromatic rings. The summed E-state index contributed by atoms with van der Waals surface area (Å²) in [6, 6.07) is 11.0. The molecule has 3 rings (SSSR count). The maximum Gasteiger partial charge on any atom is 0.257 e. The van der Waals surface area contributed by atoms with Gasteiger partial charge in [0, 0.05) is 52.5 Å². The molecule has 1 amide bonds. The number of carbonyl (C=O) groups excluding carboxylic acids is 1. The van der Waals surface area contributed by atoms with Crippen LogP contribution in [-0.4, -0.2) is 47.3 Å². The van der Waals surface area contributed by atoms with Crippen molar-refractivity contribution in [1.29, 1.82) is 0 Å². The Morgan fingerprint density at radius 3 is 2.82 bits per heavy atom. The number of carbonyl (C=O) groups is 1. The third-order valence-corrected chi connectivity index (χ3v) is 6.94. The zero-order chi connectivity index (χ0) is 20.1. The zero-order valence-electron chi connectivity index (χ0n) is 15.2. The summed E-state index contributed by atoms with van der Waals surface area (Å²) in [6.45, 7) is 5.90. The molecule has 3 N–H and O–H groups in total. The van der Waals surface area contributed by atoms with E-state index >= 15 is 0 Å². The lowest BCUT2D eigenvalue weighted by Gasteiger charge is -2.35. The molecule has 1 aliphatic heterocycles. The summed E-state index contributed by atoms with van der Waals surface area (Å²) in [5.74, 6) is -0.341. The SMILES string of the molecule is C=CCN1CC(CO)C(NC(=S)NC(=O)c2ccccc2)(c2cc(Br)cs2)C1. The van der Waals surface area contributed by atoms with E-state index in [1.807, 2.05) is 35.7 Å². The second kappa shape index (κ2) is 9.28. The Labute approximate surface area is 182 Å². The number of thiophene rings is 1. The number of hydrogen-bond donors (Lipinski definition) is 3. The Morgan fingerprint density at radius 1 is 1.46 bits per heavy atom. The molecule has 2 heterocycles. The minimum Gasteiger partial charge on any atom is -0.396 e. The summed E-state index contributed by atoms with van der Waals surface area (Å²) in [5.41, 5.74) is -0.0480. The summed E-state index contributed by atoms with van der Waals surface area (Å²) < 4.78 is 0.978. The minimum atomic E-state index is -0.588. The van der Waals surface area contributed by atoms with Gasteiger partial charge in [-0.05, 0) is 46.3 Å². The molecule has 0 radical (unpaired) electrons. The highest BCUT2D eigenvalue weighted by atomic mass is 79.9. The first kappa shape index (κ1) is 21.1. The average Bonchev–Trinajstić information content (AvgIpc) is 3.27. The van der Waals surface area contributed by atoms with Gasteiger partial charge < -0.3 is 10.4 Å². The van der Waals surface area contributed by atoms with Gasteiger partial charge in [-0.3, -0.25) is 15.0 Å². The van der Waals surface area contributed by atoms with Gasteiger partial charge in [-0.15, -0.1) is 17.9 Å². The van der Waals surface area contributed by atoms with E-state index in [9.17, 15) is 9.90 Å². The van der Waals surface area contributed by atoms with Crippen molar-refractivity contribution in [2.75, 3.05) is 26.2 Å². The minimum absolute atomic E-state index is 0.00536. The van der Waals surface area contributed by atoms with Crippen LogP contribution in [0.4, 0.5) is 0 Å². The van der Waals surface area contributed by atoms with Crippen molar-refractivity contribution in [1.82, 2.24) is 15.5 Å². The summed E-state index contributed by atoms with van der Waals surface area (Å²) in [7, 11) is 0. The Hall–Kier alpha value is -1.58. The lowest BCUT2D eigenvalue weighted by Crippen LogP contribution is -2.55. The molecule has 148 valence electrons. The number of rotatable bonds is 6. The van der Waals surface area contributed by atoms with Crippen LogP contribution in [0.3, 0.4) is 0 Å². The lowest BCUT2D eigenvalue weighted by atomic mass is 9.86. The highest BCUT2D eigenvalue weighted by Crippen LogP contribution is 2.41. The van der Waals surface area contributed by atoms with E-state index in [0.717, 1.165) is 15.9 Å². The number of aliphatic hydroxyl groups excluding tert-OH is 1. The Balaban J connectivity index is 1.84. The third-order valence-electron chi connectivity index (χ3n) is 4.86. The van der Waals surface area contributed by atoms with Gasteiger partial charge in [0.1, 0.15) is 0 Å². The first-order chi connectivity index (χ1) is 13.5. The fourth-order valence-electron chi connectivity index (χ4n) is 3.58. The lowest BCUT2D eigenvalue weighted by molar-refractivity contribution is 0.0975. The van der Waals surface area contributed by atoms with Crippen molar-refractivity contribution in [3.8, 4) is 0 Å². The van der Waals surface area contributed by atoms with Crippen LogP contribution in [0.5, 0.6) is 0 Å². The topological polar surface area (TPSA) is 64.6 Å². The van der Waals surface area contributed by atoms with E-state index in [1.54, 1.807) is 23.5 Å². The van der Waals surface area contributed by atoms with E-state index in [1.165, 1.54) is 0 Å². The van der Waals surface area contributed by atoms with E-state index in [4.69, 9.17) is 12.2 Å². The number of aliphatic hydroxyl groups is 1. The second-order valence-corrected chi connectivity index (χ2v) is 8.97. The number of nitrogens with zero attached hydrogens (tertiary/aromatic N) is 1. The highest BCUT2D eigenvalue weighted by Gasteiger charge is 2.48. The number of thiocarbonyl (C=S) groups is 1. The van der Waals surface area contributed by atoms with Crippen molar-refractivity contribution in [3.63, 3.8) is 0 Å². The second-order valence-electron chi connectivity index (χ2n) is 6.74. The molecule has 1 aliphatic rings. The molecule has 2 unspecified atom stereocenters. The molecule has 5 nitrogen and oxygen atoms in total. The van der Waals surface area contributed by atoms with Crippen molar-refractivity contribution in [3.05, 3.63) is 69.3 Å². The van der Waals surface area contributed by atoms with Crippen LogP contribution in [0.25, 0.3) is 0 Å². The van der Waals surface area contributed by atoms with Gasteiger partial charge in [-0.1, -0.05) is 24.3 Å². The van der Waals surface area contributed by atoms with E-state index in [-0.39, 0.29) is 23.5 Å². The molecule has 8 heteroatoms. The summed E-state index contributed by atoms with van der Waals surface area (Å²) in [6.07, 6.45) is 1.85. The average molecular weight is 480 g/mol. The third kappa shape index (κ3) is 4.52. The van der Waals surface area contributed by atoms with Crippen LogP contribution in [0.1, 0.15) is 15.2 Å². The molecule has 2 atom stereocenters. The van der Waals surface area contributed by atoms with Crippen LogP contribution in [0.2, 0.25) is 0 Å². The first-order valence-corrected chi connectivity index (χ1v) is 10.9. The molecule has 0 aliphatic carbocycles. The Morgan fingerprint density at radius 2 is 2.21 bits per heavy atom. The molecule has 28 heavy (non-hydrogen) atoms. The molecular formula is C20H22BrN3O2S2. The smallest absolute Gasteiger partial charge is 0.257 e. The molecule has 1 aromatic carbocycles. The largest absolute Gasteiger partial charge is 0.396 e. The van der Waals surface area contributed by atoms with Crippen molar-refractivity contribution >= 4 is 50.5 Å². The standard InChI is InChI=1S/C20H22BrN3O2S2/c1-2-8-24-10-15(11-25)20(13-24,17-9-16(21)12-28-17)23-19(27)22-18(26)14-6-4-3-5-7-14/h2-7,9,12,15,25H,1,8,10-11,13H2,(H2,22,23,26,27). The normalized spacial score (nSPS) is 22.0.